The molecule has 1 nitrogen and oxygen atoms in total. The zero-order chi connectivity index (χ0) is 10.3. The average Bonchev–Trinajstić information content (AvgIpc) is 2.11. The van der Waals surface area contributed by atoms with Gasteiger partial charge in [-0.05, 0) is 30.1 Å². The molecule has 0 aromatic rings. The molecule has 0 rings (SSSR count). The van der Waals surface area contributed by atoms with Crippen LogP contribution in [0.3, 0.4) is 0 Å². The zero-order valence-electron chi connectivity index (χ0n) is 9.09. The molecule has 0 amide bonds. The van der Waals surface area contributed by atoms with E-state index in [1.165, 1.54) is 17.7 Å². The smallest absolute Gasteiger partial charge is 0.158 e. The highest BCUT2D eigenvalue weighted by Crippen LogP contribution is 2.19. The number of hydrogen-bond donors (Lipinski definition) is 0. The number of allylic oxidation sites excluding steroid dienone is 2. The van der Waals surface area contributed by atoms with Gasteiger partial charge in [-0.15, -0.1) is 11.8 Å². The molecule has 0 aliphatic carbocycles. The number of carbonyl (C=O) groups is 1. The summed E-state index contributed by atoms with van der Waals surface area (Å²) in [5, 5.41) is 0. The molecule has 0 atom stereocenters. The fourth-order valence-corrected chi connectivity index (χ4v) is 1.49. The van der Waals surface area contributed by atoms with Crippen LogP contribution in [0.4, 0.5) is 0 Å². The van der Waals surface area contributed by atoms with Crippen molar-refractivity contribution < 1.29 is 4.79 Å². The fraction of sp³-hybridized carbons (Fsp3) is 0.727. The van der Waals surface area contributed by atoms with Gasteiger partial charge in [0.25, 0.3) is 0 Å². The number of hydrogen-bond acceptors (Lipinski definition) is 2. The monoisotopic (exact) mass is 200 g/mol. The third-order valence-electron chi connectivity index (χ3n) is 1.91. The number of ketones is 1. The molecule has 0 spiro atoms. The molecule has 0 saturated heterocycles. The van der Waals surface area contributed by atoms with E-state index >= 15 is 0 Å². The Hall–Kier alpha value is -0.240. The van der Waals surface area contributed by atoms with Crippen molar-refractivity contribution in [1.82, 2.24) is 0 Å². The van der Waals surface area contributed by atoms with Gasteiger partial charge in [0, 0.05) is 5.92 Å². The Morgan fingerprint density at radius 2 is 2.08 bits per heavy atom. The van der Waals surface area contributed by atoms with Crippen LogP contribution in [0.25, 0.3) is 0 Å². The van der Waals surface area contributed by atoms with Gasteiger partial charge in [0.05, 0.1) is 0 Å². The Balaban J connectivity index is 4.12. The number of thioether (sulfide) groups is 1. The minimum atomic E-state index is 0.128. The highest BCUT2D eigenvalue weighted by Gasteiger charge is 2.05. The molecule has 76 valence electrons. The Bertz CT molecular complexity index is 183. The van der Waals surface area contributed by atoms with E-state index in [0.29, 0.717) is 0 Å². The Morgan fingerprint density at radius 3 is 2.46 bits per heavy atom. The first-order valence-corrected chi connectivity index (χ1v) is 6.12. The minimum absolute atomic E-state index is 0.128. The first-order chi connectivity index (χ1) is 6.11. The summed E-state index contributed by atoms with van der Waals surface area (Å²) in [5.41, 5.74) is 0. The van der Waals surface area contributed by atoms with E-state index in [9.17, 15) is 4.79 Å². The van der Waals surface area contributed by atoms with Crippen LogP contribution in [-0.4, -0.2) is 12.0 Å². The van der Waals surface area contributed by atoms with Crippen LogP contribution in [0.15, 0.2) is 11.0 Å². The molecule has 0 aliphatic heterocycles. The summed E-state index contributed by atoms with van der Waals surface area (Å²) in [7, 11) is 0. The topological polar surface area (TPSA) is 17.1 Å². The van der Waals surface area contributed by atoms with Gasteiger partial charge in [-0.25, -0.2) is 0 Å². The molecular formula is C11H20OS. The molecule has 0 heterocycles. The summed E-state index contributed by atoms with van der Waals surface area (Å²) in [6, 6.07) is 0. The average molecular weight is 200 g/mol. The number of rotatable bonds is 6. The lowest BCUT2D eigenvalue weighted by atomic mass is 10.1. The Morgan fingerprint density at radius 1 is 1.46 bits per heavy atom. The number of unbranched alkanes of at least 4 members (excludes halogenated alkanes) is 1. The SMILES string of the molecule is CCCC/C(=C/C(=O)C(C)C)SC. The van der Waals surface area contributed by atoms with Crippen molar-refractivity contribution in [1.29, 1.82) is 0 Å². The van der Waals surface area contributed by atoms with E-state index in [1.807, 2.05) is 26.2 Å². The van der Waals surface area contributed by atoms with Crippen LogP contribution in [0.5, 0.6) is 0 Å². The normalized spacial score (nSPS) is 12.2. The van der Waals surface area contributed by atoms with Gasteiger partial charge in [-0.3, -0.25) is 4.79 Å². The summed E-state index contributed by atoms with van der Waals surface area (Å²) in [6.07, 6.45) is 7.27. The predicted molar refractivity (Wildman–Crippen MR) is 61.0 cm³/mol. The second kappa shape index (κ2) is 7.19. The molecule has 0 bridgehead atoms. The quantitative estimate of drug-likeness (QED) is 0.609. The third kappa shape index (κ3) is 5.92. The van der Waals surface area contributed by atoms with Crippen LogP contribution in [0.2, 0.25) is 0 Å². The summed E-state index contributed by atoms with van der Waals surface area (Å²) in [4.78, 5) is 12.6. The molecule has 0 radical (unpaired) electrons. The van der Waals surface area contributed by atoms with Crippen LogP contribution < -0.4 is 0 Å². The fourth-order valence-electron chi connectivity index (χ4n) is 0.909. The van der Waals surface area contributed by atoms with Crippen molar-refractivity contribution >= 4 is 17.5 Å². The van der Waals surface area contributed by atoms with Gasteiger partial charge in [-0.2, -0.15) is 0 Å². The second-order valence-electron chi connectivity index (χ2n) is 3.48. The maximum absolute atomic E-state index is 11.4. The van der Waals surface area contributed by atoms with E-state index < -0.39 is 0 Å². The van der Waals surface area contributed by atoms with E-state index in [-0.39, 0.29) is 11.7 Å². The maximum atomic E-state index is 11.4. The molecule has 0 fully saturated rings. The van der Waals surface area contributed by atoms with Gasteiger partial charge in [-0.1, -0.05) is 27.2 Å². The van der Waals surface area contributed by atoms with E-state index in [2.05, 4.69) is 6.92 Å². The van der Waals surface area contributed by atoms with Crippen LogP contribution in [0.1, 0.15) is 40.0 Å². The first kappa shape index (κ1) is 12.8. The summed E-state index contributed by atoms with van der Waals surface area (Å²) >= 11 is 1.70. The third-order valence-corrected chi connectivity index (χ3v) is 2.76. The van der Waals surface area contributed by atoms with Gasteiger partial charge in [0.15, 0.2) is 5.78 Å². The molecule has 0 N–H and O–H groups in total. The van der Waals surface area contributed by atoms with Crippen molar-refractivity contribution in [2.75, 3.05) is 6.26 Å². The van der Waals surface area contributed by atoms with Crippen molar-refractivity contribution in [2.24, 2.45) is 5.92 Å². The van der Waals surface area contributed by atoms with Crippen LogP contribution >= 0.6 is 11.8 Å². The maximum Gasteiger partial charge on any atom is 0.158 e. The highest BCUT2D eigenvalue weighted by atomic mass is 32.2. The van der Waals surface area contributed by atoms with Crippen molar-refractivity contribution in [2.45, 2.75) is 40.0 Å². The second-order valence-corrected chi connectivity index (χ2v) is 4.41. The summed E-state index contributed by atoms with van der Waals surface area (Å²) in [6.45, 7) is 6.05. The van der Waals surface area contributed by atoms with Crippen LogP contribution in [0, 0.1) is 5.92 Å². The molecule has 0 saturated carbocycles. The van der Waals surface area contributed by atoms with E-state index in [4.69, 9.17) is 0 Å². The van der Waals surface area contributed by atoms with E-state index in [1.54, 1.807) is 11.8 Å². The lowest BCUT2D eigenvalue weighted by Gasteiger charge is -2.04. The van der Waals surface area contributed by atoms with Crippen molar-refractivity contribution in [3.05, 3.63) is 11.0 Å². The standard InChI is InChI=1S/C11H20OS/c1-5-6-7-10(13-4)8-11(12)9(2)3/h8-9H,5-7H2,1-4H3/b10-8-. The first-order valence-electron chi connectivity index (χ1n) is 4.90. The highest BCUT2D eigenvalue weighted by molar-refractivity contribution is 8.02. The van der Waals surface area contributed by atoms with Crippen molar-refractivity contribution in [3.63, 3.8) is 0 Å². The van der Waals surface area contributed by atoms with E-state index in [0.717, 1.165) is 6.42 Å². The molecular weight excluding hydrogens is 180 g/mol. The Kier molecular flexibility index (Phi) is 7.06. The summed E-state index contributed by atoms with van der Waals surface area (Å²) in [5.74, 6) is 0.379. The summed E-state index contributed by atoms with van der Waals surface area (Å²) < 4.78 is 0. The molecule has 0 aromatic heterocycles. The van der Waals surface area contributed by atoms with Gasteiger partial charge in [0.2, 0.25) is 0 Å². The minimum Gasteiger partial charge on any atom is -0.295 e. The molecule has 0 aromatic carbocycles. The molecule has 0 unspecified atom stereocenters. The van der Waals surface area contributed by atoms with Crippen LogP contribution in [-0.2, 0) is 4.79 Å². The van der Waals surface area contributed by atoms with Crippen molar-refractivity contribution in [3.8, 4) is 0 Å². The molecule has 0 aliphatic rings. The lowest BCUT2D eigenvalue weighted by molar-refractivity contribution is -0.117. The largest absolute Gasteiger partial charge is 0.295 e. The lowest BCUT2D eigenvalue weighted by Crippen LogP contribution is -2.03. The zero-order valence-corrected chi connectivity index (χ0v) is 9.91. The van der Waals surface area contributed by atoms with Gasteiger partial charge in [0.1, 0.15) is 0 Å². The van der Waals surface area contributed by atoms with Gasteiger partial charge >= 0.3 is 0 Å². The Labute approximate surface area is 86.0 Å². The molecule has 2 heteroatoms. The molecule has 13 heavy (non-hydrogen) atoms. The number of carbonyl (C=O) groups excluding carboxylic acids is 1. The predicted octanol–water partition coefficient (Wildman–Crippen LogP) is 3.65. The van der Waals surface area contributed by atoms with Gasteiger partial charge < -0.3 is 0 Å².